The summed E-state index contributed by atoms with van der Waals surface area (Å²) >= 11 is 4.77. The second-order valence-corrected chi connectivity index (χ2v) is 15.0. The van der Waals surface area contributed by atoms with Gasteiger partial charge in [-0.15, -0.1) is 0 Å². The van der Waals surface area contributed by atoms with Crippen LogP contribution in [0.15, 0.2) is 91.0 Å². The minimum Gasteiger partial charge on any atom is -0.399 e. The number of carbonyl (C=O) groups excluding carboxylic acids is 3. The standard InChI is InChI=1S/C27H12F8N2O2.C13H12N2.C7HClF4O/c28-18-8-16(20(30)24(34)22(18)32)26(38)36-12-3-1-10-5-11-2-4-13(7-15(11)14(10)6-12)37-27(39)17-9-19(29)23(33)25(35)21(17)31;14-10-3-1-8-5-9-2-4-11(15)7-13(9)12(8)6-10;8-7(13)2-1-3(9)5(11)6(12)4(2)10/h1-4,6-9H,5H2,(H,36,38)(H,37,39);1-4,6-7H,5,14-15H2;1H. The molecule has 7 nitrogen and oxygen atoms in total. The van der Waals surface area contributed by atoms with Crippen molar-refractivity contribution in [3.8, 4) is 22.3 Å². The van der Waals surface area contributed by atoms with Crippen LogP contribution in [0.1, 0.15) is 53.3 Å². The zero-order valence-corrected chi connectivity index (χ0v) is 34.1. The van der Waals surface area contributed by atoms with E-state index in [4.69, 9.17) is 23.1 Å². The molecule has 342 valence electrons. The first kappa shape index (κ1) is 47.2. The third-order valence-corrected chi connectivity index (χ3v) is 10.6. The molecule has 0 saturated heterocycles. The molecule has 0 spiro atoms. The maximum Gasteiger partial charge on any atom is 0.258 e. The van der Waals surface area contributed by atoms with Crippen molar-refractivity contribution in [2.45, 2.75) is 12.8 Å². The molecule has 0 heterocycles. The van der Waals surface area contributed by atoms with Gasteiger partial charge in [0.05, 0.1) is 16.7 Å². The van der Waals surface area contributed by atoms with Gasteiger partial charge < -0.3 is 22.1 Å². The average Bonchev–Trinajstić information content (AvgIpc) is 3.84. The highest BCUT2D eigenvalue weighted by Gasteiger charge is 2.27. The molecule has 0 atom stereocenters. The Kier molecular flexibility index (Phi) is 13.1. The third-order valence-electron chi connectivity index (χ3n) is 10.4. The molecule has 0 saturated carbocycles. The van der Waals surface area contributed by atoms with Gasteiger partial charge in [0.15, 0.2) is 69.8 Å². The molecule has 2 aliphatic carbocycles. The number of rotatable bonds is 5. The lowest BCUT2D eigenvalue weighted by molar-refractivity contribution is 0.101. The number of nitrogens with one attached hydrogen (secondary N) is 2. The van der Waals surface area contributed by atoms with Gasteiger partial charge in [0.2, 0.25) is 0 Å². The van der Waals surface area contributed by atoms with Crippen molar-refractivity contribution in [1.82, 2.24) is 0 Å². The van der Waals surface area contributed by atoms with Gasteiger partial charge in [-0.3, -0.25) is 14.4 Å². The van der Waals surface area contributed by atoms with E-state index in [-0.39, 0.29) is 29.6 Å². The number of anilines is 4. The van der Waals surface area contributed by atoms with E-state index in [1.165, 1.54) is 46.5 Å². The largest absolute Gasteiger partial charge is 0.399 e. The zero-order chi connectivity index (χ0) is 48.8. The molecule has 2 aliphatic rings. The SMILES string of the molecule is Nc1ccc2c(c1)-c1cc(N)ccc1C2.O=C(Cl)c1cc(F)c(F)c(F)c1F.O=C(Nc1ccc2c(c1)-c1cc(NC(=O)c3cc(F)c(F)c(F)c3F)ccc1C2)c1cc(F)c(F)c(F)c1F. The van der Waals surface area contributed by atoms with Gasteiger partial charge in [-0.1, -0.05) is 24.3 Å². The van der Waals surface area contributed by atoms with Crippen LogP contribution in [0, 0.1) is 69.8 Å². The van der Waals surface area contributed by atoms with Crippen LogP contribution in [0.3, 0.4) is 0 Å². The quantitative estimate of drug-likeness (QED) is 0.0449. The fourth-order valence-electron chi connectivity index (χ4n) is 7.12. The molecule has 67 heavy (non-hydrogen) atoms. The molecule has 0 bridgehead atoms. The molecule has 0 aliphatic heterocycles. The number of fused-ring (bicyclic) bond motifs is 6. The summed E-state index contributed by atoms with van der Waals surface area (Å²) < 4.78 is 158. The van der Waals surface area contributed by atoms with Crippen molar-refractivity contribution in [3.63, 3.8) is 0 Å². The Hall–Kier alpha value is -7.80. The van der Waals surface area contributed by atoms with Crippen LogP contribution in [-0.2, 0) is 12.8 Å². The topological polar surface area (TPSA) is 127 Å². The monoisotopic (exact) mass is 956 g/mol. The summed E-state index contributed by atoms with van der Waals surface area (Å²) in [5, 5.41) is 3.16. The van der Waals surface area contributed by atoms with Crippen molar-refractivity contribution < 1.29 is 67.1 Å². The van der Waals surface area contributed by atoms with Gasteiger partial charge in [0.25, 0.3) is 17.1 Å². The van der Waals surface area contributed by atoms with Crippen LogP contribution in [0.4, 0.5) is 75.4 Å². The fourth-order valence-corrected chi connectivity index (χ4v) is 7.25. The number of nitrogens with two attached hydrogens (primary N) is 2. The lowest BCUT2D eigenvalue weighted by Crippen LogP contribution is -2.16. The van der Waals surface area contributed by atoms with Crippen molar-refractivity contribution in [1.29, 1.82) is 0 Å². The van der Waals surface area contributed by atoms with E-state index in [2.05, 4.69) is 22.8 Å². The zero-order valence-electron chi connectivity index (χ0n) is 33.4. The molecule has 7 aromatic rings. The lowest BCUT2D eigenvalue weighted by Gasteiger charge is -2.11. The van der Waals surface area contributed by atoms with Gasteiger partial charge in [-0.25, -0.2) is 52.7 Å². The van der Waals surface area contributed by atoms with E-state index in [1.54, 1.807) is 12.1 Å². The summed E-state index contributed by atoms with van der Waals surface area (Å²) in [7, 11) is 0. The molecule has 0 unspecified atom stereocenters. The summed E-state index contributed by atoms with van der Waals surface area (Å²) in [4.78, 5) is 35.2. The first-order valence-electron chi connectivity index (χ1n) is 19.0. The Morgan fingerprint density at radius 3 is 1.03 bits per heavy atom. The van der Waals surface area contributed by atoms with Gasteiger partial charge in [0.1, 0.15) is 0 Å². The third kappa shape index (κ3) is 9.35. The van der Waals surface area contributed by atoms with Crippen LogP contribution in [0.5, 0.6) is 0 Å². The van der Waals surface area contributed by atoms with E-state index in [0.29, 0.717) is 17.5 Å². The van der Waals surface area contributed by atoms with Gasteiger partial charge in [-0.2, -0.15) is 0 Å². The average molecular weight is 957 g/mol. The molecule has 0 radical (unpaired) electrons. The van der Waals surface area contributed by atoms with Gasteiger partial charge >= 0.3 is 0 Å². The van der Waals surface area contributed by atoms with E-state index >= 15 is 0 Å². The maximum atomic E-state index is 14.0. The number of benzene rings is 7. The van der Waals surface area contributed by atoms with Crippen LogP contribution in [0.25, 0.3) is 22.3 Å². The van der Waals surface area contributed by atoms with Gasteiger partial charge in [0, 0.05) is 22.7 Å². The van der Waals surface area contributed by atoms with Crippen LogP contribution in [0.2, 0.25) is 0 Å². The molecule has 0 fully saturated rings. The van der Waals surface area contributed by atoms with Crippen LogP contribution >= 0.6 is 11.6 Å². The van der Waals surface area contributed by atoms with Crippen molar-refractivity contribution in [2.24, 2.45) is 0 Å². The normalized spacial score (nSPS) is 11.5. The number of hydrogen-bond donors (Lipinski definition) is 4. The number of carbonyl (C=O) groups is 3. The Bertz CT molecular complexity index is 3070. The molecule has 20 heteroatoms. The Balaban J connectivity index is 0.000000192. The highest BCUT2D eigenvalue weighted by molar-refractivity contribution is 6.67. The van der Waals surface area contributed by atoms with Crippen LogP contribution in [-0.4, -0.2) is 17.1 Å². The van der Waals surface area contributed by atoms with Crippen molar-refractivity contribution >= 4 is 51.4 Å². The van der Waals surface area contributed by atoms with Crippen molar-refractivity contribution in [3.05, 3.63) is 200 Å². The minimum atomic E-state index is -2.14. The summed E-state index contributed by atoms with van der Waals surface area (Å²) in [6.07, 6.45) is 1.42. The molecule has 0 aromatic heterocycles. The molecular formula is C47H25ClF12N4O3. The predicted molar refractivity (Wildman–Crippen MR) is 223 cm³/mol. The predicted octanol–water partition coefficient (Wildman–Crippen LogP) is 11.9. The second kappa shape index (κ2) is 18.6. The Morgan fingerprint density at radius 1 is 0.388 bits per heavy atom. The number of hydrogen-bond acceptors (Lipinski definition) is 5. The fraction of sp³-hybridized carbons (Fsp3) is 0.0426. The van der Waals surface area contributed by atoms with E-state index < -0.39 is 104 Å². The lowest BCUT2D eigenvalue weighted by atomic mass is 10.0. The highest BCUT2D eigenvalue weighted by Crippen LogP contribution is 2.41. The molecule has 7 aromatic carbocycles. The first-order chi connectivity index (χ1) is 31.6. The smallest absolute Gasteiger partial charge is 0.258 e. The van der Waals surface area contributed by atoms with E-state index in [1.807, 2.05) is 24.3 Å². The Labute approximate surface area is 374 Å². The molecule has 2 amide bonds. The molecule has 9 rings (SSSR count). The van der Waals surface area contributed by atoms with Crippen LogP contribution < -0.4 is 22.1 Å². The molecule has 6 N–H and O–H groups in total. The highest BCUT2D eigenvalue weighted by atomic mass is 35.5. The summed E-state index contributed by atoms with van der Waals surface area (Å²) in [6.45, 7) is 0. The summed E-state index contributed by atoms with van der Waals surface area (Å²) in [6, 6.07) is 21.8. The summed E-state index contributed by atoms with van der Waals surface area (Å²) in [5.41, 5.74) is 18.0. The first-order valence-corrected chi connectivity index (χ1v) is 19.4. The number of nitrogen functional groups attached to an aromatic ring is 2. The molecular weight excluding hydrogens is 932 g/mol. The number of halogens is 13. The maximum absolute atomic E-state index is 14.0. The Morgan fingerprint density at radius 2 is 0.687 bits per heavy atom. The van der Waals surface area contributed by atoms with E-state index in [0.717, 1.165) is 28.9 Å². The summed E-state index contributed by atoms with van der Waals surface area (Å²) in [5.74, 6) is -25.6. The number of amides is 2. The van der Waals surface area contributed by atoms with Crippen molar-refractivity contribution in [2.75, 3.05) is 22.1 Å². The van der Waals surface area contributed by atoms with Gasteiger partial charge in [-0.05, 0) is 136 Å². The second-order valence-electron chi connectivity index (χ2n) is 14.7. The van der Waals surface area contributed by atoms with E-state index in [9.17, 15) is 67.1 Å². The minimum absolute atomic E-state index is 0.0879.